The highest BCUT2D eigenvalue weighted by molar-refractivity contribution is 6.02. The summed E-state index contributed by atoms with van der Waals surface area (Å²) in [6, 6.07) is 5.63. The van der Waals surface area contributed by atoms with Gasteiger partial charge in [0.05, 0.1) is 5.97 Å². The van der Waals surface area contributed by atoms with Crippen molar-refractivity contribution in [2.75, 3.05) is 5.32 Å². The van der Waals surface area contributed by atoms with Gasteiger partial charge in [-0.25, -0.2) is 0 Å². The summed E-state index contributed by atoms with van der Waals surface area (Å²) in [4.78, 5) is 21.4. The van der Waals surface area contributed by atoms with Gasteiger partial charge in [0.2, 0.25) is 5.91 Å². The van der Waals surface area contributed by atoms with Gasteiger partial charge in [-0.15, -0.1) is 0 Å². The fraction of sp³-hybridized carbons (Fsp3) is 0.167. The van der Waals surface area contributed by atoms with Gasteiger partial charge in [0.15, 0.2) is 0 Å². The van der Waals surface area contributed by atoms with Gasteiger partial charge in [-0.3, -0.25) is 4.79 Å². The number of amides is 1. The molecule has 0 unspecified atom stereocenters. The molecular formula is C12H12NO3-. The van der Waals surface area contributed by atoms with E-state index in [2.05, 4.69) is 5.32 Å². The summed E-state index contributed by atoms with van der Waals surface area (Å²) < 4.78 is 0. The van der Waals surface area contributed by atoms with E-state index < -0.39 is 11.9 Å². The molecule has 0 saturated carbocycles. The molecule has 1 amide bonds. The van der Waals surface area contributed by atoms with Crippen molar-refractivity contribution < 1.29 is 14.7 Å². The molecule has 1 aromatic carbocycles. The summed E-state index contributed by atoms with van der Waals surface area (Å²) in [5, 5.41) is 12.7. The van der Waals surface area contributed by atoms with Crippen molar-refractivity contribution >= 4 is 17.6 Å². The van der Waals surface area contributed by atoms with Crippen molar-refractivity contribution in [3.63, 3.8) is 0 Å². The molecule has 84 valence electrons. The third-order valence-corrected chi connectivity index (χ3v) is 2.02. The molecule has 0 radical (unpaired) electrons. The molecular weight excluding hydrogens is 206 g/mol. The number of carboxylic acids is 1. The lowest BCUT2D eigenvalue weighted by atomic mass is 10.1. The van der Waals surface area contributed by atoms with E-state index in [1.54, 1.807) is 0 Å². The number of anilines is 1. The smallest absolute Gasteiger partial charge is 0.248 e. The maximum absolute atomic E-state index is 11.3. The van der Waals surface area contributed by atoms with Crippen molar-refractivity contribution in [1.29, 1.82) is 0 Å². The van der Waals surface area contributed by atoms with E-state index in [4.69, 9.17) is 0 Å². The average Bonchev–Trinajstić information content (AvgIpc) is 2.20. The zero-order valence-corrected chi connectivity index (χ0v) is 9.11. The zero-order chi connectivity index (χ0) is 12.1. The van der Waals surface area contributed by atoms with Gasteiger partial charge in [-0.2, -0.15) is 0 Å². The Labute approximate surface area is 93.6 Å². The molecule has 0 atom stereocenters. The Morgan fingerprint density at radius 3 is 2.56 bits per heavy atom. The summed E-state index contributed by atoms with van der Waals surface area (Å²) >= 11 is 0. The van der Waals surface area contributed by atoms with Crippen LogP contribution in [0, 0.1) is 13.8 Å². The fourth-order valence-electron chi connectivity index (χ4n) is 1.19. The lowest BCUT2D eigenvalue weighted by Crippen LogP contribution is -2.20. The number of rotatable bonds is 3. The summed E-state index contributed by atoms with van der Waals surface area (Å²) in [6.07, 6.45) is 1.62. The number of aliphatic carboxylic acids is 1. The minimum atomic E-state index is -1.39. The maximum atomic E-state index is 11.3. The lowest BCUT2D eigenvalue weighted by molar-refractivity contribution is -0.297. The van der Waals surface area contributed by atoms with E-state index in [9.17, 15) is 14.7 Å². The van der Waals surface area contributed by atoms with Crippen LogP contribution in [0.4, 0.5) is 5.69 Å². The predicted octanol–water partition coefficient (Wildman–Crippen LogP) is 0.548. The first-order valence-electron chi connectivity index (χ1n) is 4.76. The SMILES string of the molecule is Cc1ccc(C)c(NC(=O)C=CC(=O)[O-])c1. The molecule has 0 aliphatic rings. The Kier molecular flexibility index (Phi) is 3.83. The molecule has 4 heteroatoms. The van der Waals surface area contributed by atoms with Gasteiger partial charge in [-0.05, 0) is 37.1 Å². The standard InChI is InChI=1S/C12H13NO3/c1-8-3-4-9(2)10(7-8)13-11(14)5-6-12(15)16/h3-7H,1-2H3,(H,13,14)(H,15,16)/p-1. The van der Waals surface area contributed by atoms with Crippen LogP contribution < -0.4 is 10.4 Å². The Hall–Kier alpha value is -2.10. The molecule has 1 aromatic rings. The topological polar surface area (TPSA) is 69.2 Å². The van der Waals surface area contributed by atoms with Crippen LogP contribution in [0.1, 0.15) is 11.1 Å². The first-order chi connectivity index (χ1) is 7.49. The number of benzene rings is 1. The Morgan fingerprint density at radius 1 is 1.25 bits per heavy atom. The van der Waals surface area contributed by atoms with Gasteiger partial charge in [0, 0.05) is 11.8 Å². The second-order valence-corrected chi connectivity index (χ2v) is 3.46. The fourth-order valence-corrected chi connectivity index (χ4v) is 1.19. The predicted molar refractivity (Wildman–Crippen MR) is 58.7 cm³/mol. The minimum absolute atomic E-state index is 0.488. The second kappa shape index (κ2) is 5.11. The van der Waals surface area contributed by atoms with Crippen molar-refractivity contribution in [1.82, 2.24) is 0 Å². The van der Waals surface area contributed by atoms with Crippen LogP contribution in [0.2, 0.25) is 0 Å². The molecule has 1 N–H and O–H groups in total. The van der Waals surface area contributed by atoms with Gasteiger partial charge >= 0.3 is 0 Å². The number of carboxylic acid groups (broad SMARTS) is 1. The number of hydrogen-bond acceptors (Lipinski definition) is 3. The molecule has 0 aromatic heterocycles. The highest BCUT2D eigenvalue weighted by Gasteiger charge is 2.01. The minimum Gasteiger partial charge on any atom is -0.545 e. The number of carbonyl (C=O) groups is 2. The molecule has 0 aliphatic heterocycles. The largest absolute Gasteiger partial charge is 0.545 e. The average molecular weight is 218 g/mol. The number of nitrogens with one attached hydrogen (secondary N) is 1. The molecule has 0 heterocycles. The molecule has 4 nitrogen and oxygen atoms in total. The quantitative estimate of drug-likeness (QED) is 0.753. The Balaban J connectivity index is 2.77. The van der Waals surface area contributed by atoms with Gasteiger partial charge in [0.25, 0.3) is 0 Å². The van der Waals surface area contributed by atoms with E-state index in [0.29, 0.717) is 11.8 Å². The van der Waals surface area contributed by atoms with E-state index in [-0.39, 0.29) is 0 Å². The van der Waals surface area contributed by atoms with E-state index >= 15 is 0 Å². The first-order valence-corrected chi connectivity index (χ1v) is 4.76. The van der Waals surface area contributed by atoms with Crippen LogP contribution in [-0.2, 0) is 9.59 Å². The van der Waals surface area contributed by atoms with Gasteiger partial charge in [-0.1, -0.05) is 12.1 Å². The molecule has 0 bridgehead atoms. The van der Waals surface area contributed by atoms with E-state index in [0.717, 1.165) is 17.2 Å². The highest BCUT2D eigenvalue weighted by atomic mass is 16.4. The molecule has 1 rings (SSSR count). The Morgan fingerprint density at radius 2 is 1.94 bits per heavy atom. The monoisotopic (exact) mass is 218 g/mol. The lowest BCUT2D eigenvalue weighted by Gasteiger charge is -2.07. The van der Waals surface area contributed by atoms with Crippen LogP contribution in [0.3, 0.4) is 0 Å². The van der Waals surface area contributed by atoms with Gasteiger partial charge < -0.3 is 15.2 Å². The van der Waals surface area contributed by atoms with Crippen molar-refractivity contribution in [2.45, 2.75) is 13.8 Å². The third kappa shape index (κ3) is 3.57. The van der Waals surface area contributed by atoms with Crippen molar-refractivity contribution in [3.8, 4) is 0 Å². The molecule has 0 spiro atoms. The van der Waals surface area contributed by atoms with Crippen LogP contribution in [0.25, 0.3) is 0 Å². The van der Waals surface area contributed by atoms with Crippen LogP contribution in [0.15, 0.2) is 30.4 Å². The van der Waals surface area contributed by atoms with E-state index in [1.807, 2.05) is 32.0 Å². The summed E-state index contributed by atoms with van der Waals surface area (Å²) in [5.41, 5.74) is 2.61. The maximum Gasteiger partial charge on any atom is 0.248 e. The first kappa shape index (κ1) is 12.0. The summed E-state index contributed by atoms with van der Waals surface area (Å²) in [7, 11) is 0. The van der Waals surface area contributed by atoms with Crippen molar-refractivity contribution in [2.24, 2.45) is 0 Å². The summed E-state index contributed by atoms with van der Waals surface area (Å²) in [5.74, 6) is -1.88. The van der Waals surface area contributed by atoms with Crippen molar-refractivity contribution in [3.05, 3.63) is 41.5 Å². The number of aryl methyl sites for hydroxylation is 2. The van der Waals surface area contributed by atoms with E-state index in [1.165, 1.54) is 0 Å². The third-order valence-electron chi connectivity index (χ3n) is 2.02. The van der Waals surface area contributed by atoms with Crippen LogP contribution in [0.5, 0.6) is 0 Å². The van der Waals surface area contributed by atoms with Crippen LogP contribution >= 0.6 is 0 Å². The normalized spacial score (nSPS) is 10.4. The summed E-state index contributed by atoms with van der Waals surface area (Å²) in [6.45, 7) is 3.77. The zero-order valence-electron chi connectivity index (χ0n) is 9.11. The highest BCUT2D eigenvalue weighted by Crippen LogP contribution is 2.16. The Bertz CT molecular complexity index is 450. The number of hydrogen-bond donors (Lipinski definition) is 1. The molecule has 16 heavy (non-hydrogen) atoms. The molecule has 0 saturated heterocycles. The number of carbonyl (C=O) groups excluding carboxylic acids is 2. The second-order valence-electron chi connectivity index (χ2n) is 3.46. The van der Waals surface area contributed by atoms with Gasteiger partial charge in [0.1, 0.15) is 0 Å². The molecule has 0 aliphatic carbocycles. The van der Waals surface area contributed by atoms with Crippen LogP contribution in [-0.4, -0.2) is 11.9 Å². The molecule has 0 fully saturated rings.